The summed E-state index contributed by atoms with van der Waals surface area (Å²) in [5.74, 6) is 0.748. The number of rotatable bonds is 2. The van der Waals surface area contributed by atoms with Gasteiger partial charge in [0.25, 0.3) is 0 Å². The Labute approximate surface area is 82.2 Å². The topological polar surface area (TPSA) is 39.9 Å². The molecule has 4 heteroatoms. The minimum absolute atomic E-state index is 0.748. The van der Waals surface area contributed by atoms with Crippen LogP contribution in [0.2, 0.25) is 0 Å². The van der Waals surface area contributed by atoms with Crippen molar-refractivity contribution in [1.82, 2.24) is 14.8 Å². The summed E-state index contributed by atoms with van der Waals surface area (Å²) in [6.07, 6.45) is 6.42. The van der Waals surface area contributed by atoms with E-state index in [1.54, 1.807) is 18.0 Å². The Bertz CT molecular complexity index is 419. The molecule has 14 heavy (non-hydrogen) atoms. The lowest BCUT2D eigenvalue weighted by molar-refractivity contribution is 0.413. The van der Waals surface area contributed by atoms with E-state index in [1.165, 1.54) is 0 Å². The molecule has 0 fully saturated rings. The lowest BCUT2D eigenvalue weighted by Gasteiger charge is -1.99. The van der Waals surface area contributed by atoms with E-state index in [2.05, 4.69) is 16.3 Å². The molecule has 0 aliphatic heterocycles. The Hall–Kier alpha value is -1.84. The molecule has 0 saturated carbocycles. The van der Waals surface area contributed by atoms with Crippen LogP contribution in [-0.2, 0) is 7.05 Å². The van der Waals surface area contributed by atoms with Crippen molar-refractivity contribution in [2.24, 2.45) is 7.05 Å². The zero-order chi connectivity index (χ0) is 9.97. The first kappa shape index (κ1) is 8.74. The minimum atomic E-state index is 0.748. The Kier molecular flexibility index (Phi) is 2.18. The quantitative estimate of drug-likeness (QED) is 0.713. The van der Waals surface area contributed by atoms with Crippen molar-refractivity contribution in [3.8, 4) is 17.0 Å². The molecular formula is C10H10N3O. The fraction of sp³-hybridized carbons (Fsp3) is 0.200. The summed E-state index contributed by atoms with van der Waals surface area (Å²) in [5, 5.41) is 3.96. The molecule has 0 atom stereocenters. The smallest absolute Gasteiger partial charge is 0.137 e. The largest absolute Gasteiger partial charge is 0.495 e. The van der Waals surface area contributed by atoms with E-state index in [0.29, 0.717) is 0 Å². The Morgan fingerprint density at radius 2 is 2.29 bits per heavy atom. The van der Waals surface area contributed by atoms with Crippen molar-refractivity contribution in [3.63, 3.8) is 0 Å². The normalized spacial score (nSPS) is 10.1. The summed E-state index contributed by atoms with van der Waals surface area (Å²) in [6.45, 7) is 0. The molecule has 1 radical (unpaired) electrons. The van der Waals surface area contributed by atoms with Crippen molar-refractivity contribution in [2.75, 3.05) is 7.11 Å². The van der Waals surface area contributed by atoms with Gasteiger partial charge in [-0.3, -0.25) is 9.67 Å². The van der Waals surface area contributed by atoms with Crippen LogP contribution in [0.3, 0.4) is 0 Å². The van der Waals surface area contributed by atoms with Gasteiger partial charge in [0.1, 0.15) is 11.9 Å². The average molecular weight is 188 g/mol. The zero-order valence-electron chi connectivity index (χ0n) is 8.06. The molecule has 0 aliphatic rings. The van der Waals surface area contributed by atoms with Gasteiger partial charge in [0.15, 0.2) is 0 Å². The number of ether oxygens (including phenoxy) is 1. The average Bonchev–Trinajstić information content (AvgIpc) is 2.65. The van der Waals surface area contributed by atoms with Crippen molar-refractivity contribution in [3.05, 3.63) is 30.7 Å². The number of aryl methyl sites for hydroxylation is 1. The standard InChI is InChI=1S/C10H10N3O/c1-13-7-8(5-12-13)10-4-3-9(14-2)6-11-10/h3-4,6-7H,1-2H3. The third-order valence-electron chi connectivity index (χ3n) is 1.89. The first-order valence-corrected chi connectivity index (χ1v) is 4.21. The fourth-order valence-electron chi connectivity index (χ4n) is 1.16. The molecule has 0 aromatic carbocycles. The molecule has 0 spiro atoms. The van der Waals surface area contributed by atoms with Gasteiger partial charge in [0.05, 0.1) is 19.0 Å². The predicted octanol–water partition coefficient (Wildman–Crippen LogP) is 1.29. The van der Waals surface area contributed by atoms with Gasteiger partial charge in [-0.25, -0.2) is 0 Å². The second-order valence-electron chi connectivity index (χ2n) is 2.91. The molecule has 4 nitrogen and oxygen atoms in total. The maximum Gasteiger partial charge on any atom is 0.137 e. The molecule has 2 aromatic rings. The molecule has 0 saturated heterocycles. The van der Waals surface area contributed by atoms with Crippen LogP contribution in [0.5, 0.6) is 5.75 Å². The third-order valence-corrected chi connectivity index (χ3v) is 1.89. The zero-order valence-corrected chi connectivity index (χ0v) is 8.06. The van der Waals surface area contributed by atoms with E-state index in [-0.39, 0.29) is 0 Å². The lowest BCUT2D eigenvalue weighted by atomic mass is 10.2. The summed E-state index contributed by atoms with van der Waals surface area (Å²) in [6, 6.07) is 3.75. The van der Waals surface area contributed by atoms with E-state index in [4.69, 9.17) is 4.74 Å². The van der Waals surface area contributed by atoms with Gasteiger partial charge in [-0.2, -0.15) is 5.10 Å². The molecule has 0 amide bonds. The van der Waals surface area contributed by atoms with Gasteiger partial charge in [0.2, 0.25) is 0 Å². The van der Waals surface area contributed by atoms with Crippen LogP contribution in [0.4, 0.5) is 0 Å². The molecular weight excluding hydrogens is 178 g/mol. The third kappa shape index (κ3) is 1.59. The molecule has 0 aliphatic carbocycles. The number of hydrogen-bond donors (Lipinski definition) is 0. The van der Waals surface area contributed by atoms with Crippen molar-refractivity contribution >= 4 is 0 Å². The van der Waals surface area contributed by atoms with Gasteiger partial charge in [-0.1, -0.05) is 0 Å². The highest BCUT2D eigenvalue weighted by Crippen LogP contribution is 2.17. The summed E-state index contributed by atoms with van der Waals surface area (Å²) in [5.41, 5.74) is 1.73. The van der Waals surface area contributed by atoms with Gasteiger partial charge >= 0.3 is 0 Å². The molecule has 0 N–H and O–H groups in total. The summed E-state index contributed by atoms with van der Waals surface area (Å²) >= 11 is 0. The monoisotopic (exact) mass is 188 g/mol. The highest BCUT2D eigenvalue weighted by Gasteiger charge is 2.02. The number of nitrogens with zero attached hydrogens (tertiary/aromatic N) is 3. The molecule has 0 bridgehead atoms. The lowest BCUT2D eigenvalue weighted by Crippen LogP contribution is -1.86. The number of aromatic nitrogens is 3. The summed E-state index contributed by atoms with van der Waals surface area (Å²) in [4.78, 5) is 4.22. The summed E-state index contributed by atoms with van der Waals surface area (Å²) < 4.78 is 6.71. The number of hydrogen-bond acceptors (Lipinski definition) is 3. The Morgan fingerprint density at radius 1 is 1.43 bits per heavy atom. The molecule has 0 unspecified atom stereocenters. The first-order valence-electron chi connectivity index (χ1n) is 4.21. The predicted molar refractivity (Wildman–Crippen MR) is 51.8 cm³/mol. The van der Waals surface area contributed by atoms with E-state index < -0.39 is 0 Å². The van der Waals surface area contributed by atoms with E-state index in [9.17, 15) is 0 Å². The maximum absolute atomic E-state index is 5.02. The second-order valence-corrected chi connectivity index (χ2v) is 2.91. The van der Waals surface area contributed by atoms with E-state index in [0.717, 1.165) is 17.0 Å². The maximum atomic E-state index is 5.02. The highest BCUT2D eigenvalue weighted by atomic mass is 16.5. The summed E-state index contributed by atoms with van der Waals surface area (Å²) in [7, 11) is 3.47. The fourth-order valence-corrected chi connectivity index (χ4v) is 1.16. The van der Waals surface area contributed by atoms with Gasteiger partial charge in [-0.15, -0.1) is 0 Å². The minimum Gasteiger partial charge on any atom is -0.495 e. The Balaban J connectivity index is 2.33. The van der Waals surface area contributed by atoms with Gasteiger partial charge in [0, 0.05) is 18.8 Å². The number of methoxy groups -OCH3 is 1. The van der Waals surface area contributed by atoms with Crippen LogP contribution in [0.1, 0.15) is 0 Å². The number of pyridine rings is 1. The van der Waals surface area contributed by atoms with Crippen molar-refractivity contribution < 1.29 is 4.74 Å². The Morgan fingerprint density at radius 3 is 2.79 bits per heavy atom. The van der Waals surface area contributed by atoms with E-state index >= 15 is 0 Å². The van der Waals surface area contributed by atoms with Crippen molar-refractivity contribution in [2.45, 2.75) is 0 Å². The van der Waals surface area contributed by atoms with Gasteiger partial charge in [-0.05, 0) is 12.1 Å². The van der Waals surface area contributed by atoms with Crippen LogP contribution in [0.25, 0.3) is 11.3 Å². The second kappa shape index (κ2) is 3.49. The van der Waals surface area contributed by atoms with Gasteiger partial charge < -0.3 is 4.74 Å². The van der Waals surface area contributed by atoms with Crippen LogP contribution < -0.4 is 4.74 Å². The van der Waals surface area contributed by atoms with Crippen LogP contribution in [-0.4, -0.2) is 21.9 Å². The van der Waals surface area contributed by atoms with Crippen LogP contribution in [0.15, 0.2) is 24.5 Å². The highest BCUT2D eigenvalue weighted by molar-refractivity contribution is 5.56. The van der Waals surface area contributed by atoms with E-state index in [1.807, 2.05) is 25.4 Å². The molecule has 2 aromatic heterocycles. The van der Waals surface area contributed by atoms with Crippen molar-refractivity contribution in [1.29, 1.82) is 0 Å². The van der Waals surface area contributed by atoms with Crippen LogP contribution >= 0.6 is 0 Å². The van der Waals surface area contributed by atoms with Crippen LogP contribution in [0, 0.1) is 6.20 Å². The molecule has 2 rings (SSSR count). The SMILES string of the molecule is COc1ccc(-c2[c]nn(C)c2)nc1. The molecule has 71 valence electrons. The molecule has 2 heterocycles. The first-order chi connectivity index (χ1) is 6.79.